The third-order valence-electron chi connectivity index (χ3n) is 2.50. The second-order valence-corrected chi connectivity index (χ2v) is 4.14. The van der Waals surface area contributed by atoms with E-state index in [1.165, 1.54) is 0 Å². The van der Waals surface area contributed by atoms with Crippen molar-refractivity contribution < 1.29 is 23.1 Å². The predicted octanol–water partition coefficient (Wildman–Crippen LogP) is 2.73. The van der Waals surface area contributed by atoms with Crippen molar-refractivity contribution in [3.8, 4) is 5.75 Å². The zero-order chi connectivity index (χ0) is 14.6. The molecule has 0 spiro atoms. The Morgan fingerprint density at radius 3 is 2.26 bits per heavy atom. The van der Waals surface area contributed by atoms with Crippen LogP contribution in [0.4, 0.5) is 13.2 Å². The van der Waals surface area contributed by atoms with Gasteiger partial charge in [-0.3, -0.25) is 0 Å². The SMILES string of the molecule is Cc1cc(C(N)=NO)cc(C)c1OCCC(F)(F)F. The summed E-state index contributed by atoms with van der Waals surface area (Å²) in [6, 6.07) is 3.18. The lowest BCUT2D eigenvalue weighted by Gasteiger charge is -2.14. The Kier molecular flexibility index (Phi) is 4.63. The maximum Gasteiger partial charge on any atom is 0.392 e. The van der Waals surface area contributed by atoms with Crippen LogP contribution in [0, 0.1) is 13.8 Å². The molecule has 0 saturated carbocycles. The van der Waals surface area contributed by atoms with Crippen LogP contribution in [-0.2, 0) is 0 Å². The summed E-state index contributed by atoms with van der Waals surface area (Å²) in [5, 5.41) is 11.4. The number of alkyl halides is 3. The van der Waals surface area contributed by atoms with Gasteiger partial charge in [0.25, 0.3) is 0 Å². The van der Waals surface area contributed by atoms with Crippen LogP contribution in [0.2, 0.25) is 0 Å². The third kappa shape index (κ3) is 4.35. The molecule has 1 aromatic rings. The van der Waals surface area contributed by atoms with E-state index in [2.05, 4.69) is 5.16 Å². The van der Waals surface area contributed by atoms with Crippen LogP contribution < -0.4 is 10.5 Å². The molecule has 1 rings (SSSR count). The molecule has 0 amide bonds. The number of amidine groups is 1. The van der Waals surface area contributed by atoms with E-state index < -0.39 is 19.2 Å². The molecule has 1 aromatic carbocycles. The Balaban J connectivity index is 2.86. The topological polar surface area (TPSA) is 67.8 Å². The van der Waals surface area contributed by atoms with E-state index in [4.69, 9.17) is 15.7 Å². The average Bonchev–Trinajstić information content (AvgIpc) is 2.30. The van der Waals surface area contributed by atoms with Gasteiger partial charge in [-0.05, 0) is 37.1 Å². The highest BCUT2D eigenvalue weighted by molar-refractivity contribution is 5.97. The molecule has 19 heavy (non-hydrogen) atoms. The maximum absolute atomic E-state index is 12.0. The lowest BCUT2D eigenvalue weighted by atomic mass is 10.1. The normalized spacial score (nSPS) is 12.6. The largest absolute Gasteiger partial charge is 0.493 e. The highest BCUT2D eigenvalue weighted by Gasteiger charge is 2.27. The van der Waals surface area contributed by atoms with Crippen molar-refractivity contribution in [1.29, 1.82) is 0 Å². The number of hydrogen-bond acceptors (Lipinski definition) is 3. The fourth-order valence-corrected chi connectivity index (χ4v) is 1.65. The number of benzene rings is 1. The number of aryl methyl sites for hydroxylation is 2. The minimum atomic E-state index is -4.24. The average molecular weight is 276 g/mol. The van der Waals surface area contributed by atoms with E-state index >= 15 is 0 Å². The Morgan fingerprint density at radius 1 is 1.32 bits per heavy atom. The Hall–Kier alpha value is -1.92. The molecule has 0 heterocycles. The summed E-state index contributed by atoms with van der Waals surface area (Å²) in [4.78, 5) is 0. The highest BCUT2D eigenvalue weighted by atomic mass is 19.4. The van der Waals surface area contributed by atoms with Gasteiger partial charge < -0.3 is 15.7 Å². The molecule has 0 aromatic heterocycles. The second kappa shape index (κ2) is 5.81. The van der Waals surface area contributed by atoms with Crippen LogP contribution in [-0.4, -0.2) is 23.8 Å². The van der Waals surface area contributed by atoms with E-state index in [1.807, 2.05) is 0 Å². The summed E-state index contributed by atoms with van der Waals surface area (Å²) in [5.41, 5.74) is 7.19. The first kappa shape index (κ1) is 15.1. The quantitative estimate of drug-likeness (QED) is 0.384. The van der Waals surface area contributed by atoms with Crippen molar-refractivity contribution in [1.82, 2.24) is 0 Å². The zero-order valence-corrected chi connectivity index (χ0v) is 10.6. The van der Waals surface area contributed by atoms with Crippen molar-refractivity contribution in [3.63, 3.8) is 0 Å². The lowest BCUT2D eigenvalue weighted by molar-refractivity contribution is -0.139. The summed E-state index contributed by atoms with van der Waals surface area (Å²) in [6.45, 7) is 2.93. The molecule has 0 aliphatic carbocycles. The number of rotatable bonds is 4. The summed E-state index contributed by atoms with van der Waals surface area (Å²) in [6.07, 6.45) is -5.25. The molecule has 0 fully saturated rings. The smallest absolute Gasteiger partial charge is 0.392 e. The Labute approximate surface area is 108 Å². The van der Waals surface area contributed by atoms with Gasteiger partial charge in [-0.15, -0.1) is 0 Å². The van der Waals surface area contributed by atoms with Crippen molar-refractivity contribution >= 4 is 5.84 Å². The Morgan fingerprint density at radius 2 is 1.84 bits per heavy atom. The molecule has 4 nitrogen and oxygen atoms in total. The van der Waals surface area contributed by atoms with Crippen LogP contribution in [0.25, 0.3) is 0 Å². The summed E-state index contributed by atoms with van der Waals surface area (Å²) in [5.74, 6) is 0.326. The molecule has 0 radical (unpaired) electrons. The van der Waals surface area contributed by atoms with Gasteiger partial charge in [-0.1, -0.05) is 5.16 Å². The second-order valence-electron chi connectivity index (χ2n) is 4.14. The molecule has 0 aliphatic heterocycles. The first-order chi connectivity index (χ1) is 8.74. The fourth-order valence-electron chi connectivity index (χ4n) is 1.65. The van der Waals surface area contributed by atoms with Gasteiger partial charge in [-0.25, -0.2) is 0 Å². The van der Waals surface area contributed by atoms with Gasteiger partial charge in [0.05, 0.1) is 13.0 Å². The van der Waals surface area contributed by atoms with E-state index in [9.17, 15) is 13.2 Å². The first-order valence-corrected chi connectivity index (χ1v) is 5.53. The lowest BCUT2D eigenvalue weighted by Crippen LogP contribution is -2.15. The van der Waals surface area contributed by atoms with Crippen molar-refractivity contribution in [2.45, 2.75) is 26.4 Å². The molecular formula is C12H15F3N2O2. The van der Waals surface area contributed by atoms with Crippen molar-refractivity contribution in [2.24, 2.45) is 10.9 Å². The molecule has 0 unspecified atom stereocenters. The minimum absolute atomic E-state index is 0.0620. The van der Waals surface area contributed by atoms with Gasteiger partial charge >= 0.3 is 6.18 Å². The highest BCUT2D eigenvalue weighted by Crippen LogP contribution is 2.26. The molecule has 0 bridgehead atoms. The molecule has 0 saturated heterocycles. The number of oxime groups is 1. The maximum atomic E-state index is 12.0. The molecule has 7 heteroatoms. The zero-order valence-electron chi connectivity index (χ0n) is 10.6. The van der Waals surface area contributed by atoms with Crippen LogP contribution in [0.5, 0.6) is 5.75 Å². The summed E-state index contributed by atoms with van der Waals surface area (Å²) in [7, 11) is 0. The summed E-state index contributed by atoms with van der Waals surface area (Å²) >= 11 is 0. The first-order valence-electron chi connectivity index (χ1n) is 5.53. The van der Waals surface area contributed by atoms with E-state index in [1.54, 1.807) is 26.0 Å². The number of nitrogens with zero attached hydrogens (tertiary/aromatic N) is 1. The standard InChI is InChI=1S/C12H15F3N2O2/c1-7-5-9(11(16)17-18)6-8(2)10(7)19-4-3-12(13,14)15/h5-6,18H,3-4H2,1-2H3,(H2,16,17). The fraction of sp³-hybridized carbons (Fsp3) is 0.417. The minimum Gasteiger partial charge on any atom is -0.493 e. The van der Waals surface area contributed by atoms with Crippen molar-refractivity contribution in [2.75, 3.05) is 6.61 Å². The van der Waals surface area contributed by atoms with Crippen molar-refractivity contribution in [3.05, 3.63) is 28.8 Å². The molecule has 0 atom stereocenters. The van der Waals surface area contributed by atoms with Crippen LogP contribution in [0.1, 0.15) is 23.1 Å². The van der Waals surface area contributed by atoms with Crippen LogP contribution >= 0.6 is 0 Å². The van der Waals surface area contributed by atoms with E-state index in [0.29, 0.717) is 22.4 Å². The van der Waals surface area contributed by atoms with Gasteiger partial charge in [0.15, 0.2) is 5.84 Å². The third-order valence-corrected chi connectivity index (χ3v) is 2.50. The van der Waals surface area contributed by atoms with Gasteiger partial charge in [-0.2, -0.15) is 13.2 Å². The molecular weight excluding hydrogens is 261 g/mol. The molecule has 3 N–H and O–H groups in total. The number of nitrogens with two attached hydrogens (primary N) is 1. The number of halogens is 3. The van der Waals surface area contributed by atoms with Crippen LogP contribution in [0.3, 0.4) is 0 Å². The predicted molar refractivity (Wildman–Crippen MR) is 64.6 cm³/mol. The van der Waals surface area contributed by atoms with E-state index in [0.717, 1.165) is 0 Å². The van der Waals surface area contributed by atoms with E-state index in [-0.39, 0.29) is 5.84 Å². The van der Waals surface area contributed by atoms with Gasteiger partial charge in [0, 0.05) is 5.56 Å². The summed E-state index contributed by atoms with van der Waals surface area (Å²) < 4.78 is 41.3. The van der Waals surface area contributed by atoms with Crippen LogP contribution in [0.15, 0.2) is 17.3 Å². The molecule has 0 aliphatic rings. The van der Waals surface area contributed by atoms with Gasteiger partial charge in [0.1, 0.15) is 5.75 Å². The molecule has 106 valence electrons. The monoisotopic (exact) mass is 276 g/mol. The number of ether oxygens (including phenoxy) is 1. The number of hydrogen-bond donors (Lipinski definition) is 2. The van der Waals surface area contributed by atoms with Gasteiger partial charge in [0.2, 0.25) is 0 Å². The Bertz CT molecular complexity index is 461.